The minimum absolute atomic E-state index is 0.0314. The number of piperidine rings is 2. The number of rotatable bonds is 10. The van der Waals surface area contributed by atoms with E-state index in [1.54, 1.807) is 0 Å². The van der Waals surface area contributed by atoms with Gasteiger partial charge in [0.1, 0.15) is 11.9 Å². The maximum Gasteiger partial charge on any atom is 0.410 e. The highest BCUT2D eigenvalue weighted by atomic mass is 16.6. The van der Waals surface area contributed by atoms with E-state index < -0.39 is 0 Å². The summed E-state index contributed by atoms with van der Waals surface area (Å²) >= 11 is 0. The van der Waals surface area contributed by atoms with Gasteiger partial charge in [0.05, 0.1) is 23.6 Å². The van der Waals surface area contributed by atoms with Gasteiger partial charge in [-0.05, 0) is 72.1 Å². The maximum atomic E-state index is 13.5. The zero-order chi connectivity index (χ0) is 31.3. The number of aromatic nitrogens is 2. The molecule has 5 rings (SSSR count). The number of allylic oxidation sites excluding steroid dienone is 2. The van der Waals surface area contributed by atoms with Crippen LogP contribution in [0.2, 0.25) is 0 Å². The van der Waals surface area contributed by atoms with Gasteiger partial charge in [-0.3, -0.25) is 20.0 Å². The summed E-state index contributed by atoms with van der Waals surface area (Å²) < 4.78 is 6.49. The molecule has 10 heteroatoms. The predicted molar refractivity (Wildman–Crippen MR) is 170 cm³/mol. The van der Waals surface area contributed by atoms with Gasteiger partial charge in [0.15, 0.2) is 0 Å². The van der Waals surface area contributed by atoms with E-state index in [2.05, 4.69) is 40.3 Å². The Labute approximate surface area is 263 Å². The Morgan fingerprint density at radius 2 is 1.80 bits per heavy atom. The standard InChI is InChI=1S/C34H54N6O4/c1-6-8-9-28-23-39(22-27-10-12-29(13-11-27)37-43-7-2)32(42)44-34(28)16-20-40(21-17-34)33(5)14-18-38(19-15-33)31(41)30-25(3)35-24-36-26(30)4/h12,24,27-28,37H,6-11,13-23H2,1-5H3/t27?,28-/m0/s1. The minimum atomic E-state index is -0.365. The molecule has 1 unspecified atom stereocenters. The number of aryl methyl sites for hydroxylation is 2. The highest BCUT2D eigenvalue weighted by Crippen LogP contribution is 2.43. The van der Waals surface area contributed by atoms with Crippen molar-refractivity contribution < 1.29 is 19.2 Å². The number of hydroxylamine groups is 1. The van der Waals surface area contributed by atoms with Gasteiger partial charge in [0, 0.05) is 69.3 Å². The van der Waals surface area contributed by atoms with Crippen molar-refractivity contribution in [3.63, 3.8) is 0 Å². The fourth-order valence-corrected chi connectivity index (χ4v) is 7.91. The first kappa shape index (κ1) is 32.7. The molecule has 0 bridgehead atoms. The van der Waals surface area contributed by atoms with E-state index in [1.807, 2.05) is 30.6 Å². The van der Waals surface area contributed by atoms with E-state index in [4.69, 9.17) is 9.57 Å². The normalized spacial score (nSPS) is 25.5. The zero-order valence-corrected chi connectivity index (χ0v) is 27.7. The van der Waals surface area contributed by atoms with Crippen LogP contribution < -0.4 is 5.48 Å². The number of carbonyl (C=O) groups excluding carboxylic acids is 2. The first-order chi connectivity index (χ1) is 21.2. The molecule has 3 fully saturated rings. The topological polar surface area (TPSA) is 100 Å². The first-order valence-corrected chi connectivity index (χ1v) is 17.0. The SMILES string of the molecule is CCCC[C@H]1CN(CC2CC=C(NOCC)CC2)C(=O)OC12CCN(C1(C)CCN(C(=O)c3c(C)ncnc3C)CC1)CC2. The second-order valence-electron chi connectivity index (χ2n) is 13.8. The molecule has 1 N–H and O–H groups in total. The summed E-state index contributed by atoms with van der Waals surface area (Å²) in [6.45, 7) is 15.9. The number of ether oxygens (including phenoxy) is 1. The monoisotopic (exact) mass is 610 g/mol. The van der Waals surface area contributed by atoms with Crippen LogP contribution in [-0.2, 0) is 9.57 Å². The summed E-state index contributed by atoms with van der Waals surface area (Å²) in [6.07, 6.45) is 13.6. The average Bonchev–Trinajstić information content (AvgIpc) is 3.02. The molecule has 0 radical (unpaired) electrons. The Morgan fingerprint density at radius 3 is 2.41 bits per heavy atom. The van der Waals surface area contributed by atoms with Crippen LogP contribution in [0, 0.1) is 25.7 Å². The molecule has 1 aromatic heterocycles. The zero-order valence-electron chi connectivity index (χ0n) is 27.7. The molecular formula is C34H54N6O4. The van der Waals surface area contributed by atoms with E-state index in [-0.39, 0.29) is 23.1 Å². The van der Waals surface area contributed by atoms with E-state index >= 15 is 0 Å². The van der Waals surface area contributed by atoms with Crippen molar-refractivity contribution in [2.75, 3.05) is 45.9 Å². The van der Waals surface area contributed by atoms with Gasteiger partial charge < -0.3 is 14.5 Å². The molecule has 3 saturated heterocycles. The number of nitrogens with one attached hydrogen (secondary N) is 1. The second-order valence-corrected chi connectivity index (χ2v) is 13.8. The summed E-state index contributed by atoms with van der Waals surface area (Å²) in [4.78, 5) is 47.3. The quantitative estimate of drug-likeness (QED) is 0.351. The highest BCUT2D eigenvalue weighted by Gasteiger charge is 2.51. The van der Waals surface area contributed by atoms with Crippen LogP contribution in [0.1, 0.15) is 107 Å². The maximum absolute atomic E-state index is 13.5. The third kappa shape index (κ3) is 7.06. The van der Waals surface area contributed by atoms with Crippen LogP contribution in [0.3, 0.4) is 0 Å². The Bertz CT molecular complexity index is 1170. The van der Waals surface area contributed by atoms with Crippen molar-refractivity contribution in [2.45, 2.75) is 110 Å². The summed E-state index contributed by atoms with van der Waals surface area (Å²) in [5, 5.41) is 0. The molecule has 0 aromatic carbocycles. The summed E-state index contributed by atoms with van der Waals surface area (Å²) in [7, 11) is 0. The van der Waals surface area contributed by atoms with E-state index in [0.717, 1.165) is 121 Å². The molecule has 1 aromatic rings. The first-order valence-electron chi connectivity index (χ1n) is 17.0. The summed E-state index contributed by atoms with van der Waals surface area (Å²) in [5.41, 5.74) is 6.00. The van der Waals surface area contributed by atoms with Gasteiger partial charge in [0.25, 0.3) is 5.91 Å². The van der Waals surface area contributed by atoms with Crippen LogP contribution in [0.25, 0.3) is 0 Å². The fourth-order valence-electron chi connectivity index (χ4n) is 7.91. The lowest BCUT2D eigenvalue weighted by molar-refractivity contribution is -0.134. The van der Waals surface area contributed by atoms with Crippen LogP contribution in [0.4, 0.5) is 4.79 Å². The van der Waals surface area contributed by atoms with E-state index in [0.29, 0.717) is 24.0 Å². The van der Waals surface area contributed by atoms with Crippen molar-refractivity contribution in [1.82, 2.24) is 30.1 Å². The largest absolute Gasteiger partial charge is 0.442 e. The molecular weight excluding hydrogens is 556 g/mol. The lowest BCUT2D eigenvalue weighted by atomic mass is 9.74. The van der Waals surface area contributed by atoms with Gasteiger partial charge in [0.2, 0.25) is 0 Å². The van der Waals surface area contributed by atoms with Crippen LogP contribution in [-0.4, -0.2) is 93.7 Å². The third-order valence-corrected chi connectivity index (χ3v) is 10.9. The summed E-state index contributed by atoms with van der Waals surface area (Å²) in [5.74, 6) is 0.866. The molecule has 10 nitrogen and oxygen atoms in total. The molecule has 4 aliphatic rings. The van der Waals surface area contributed by atoms with Crippen LogP contribution in [0.5, 0.6) is 0 Å². The molecule has 244 valence electrons. The van der Waals surface area contributed by atoms with E-state index in [1.165, 1.54) is 6.33 Å². The van der Waals surface area contributed by atoms with Gasteiger partial charge in [-0.15, -0.1) is 0 Å². The van der Waals surface area contributed by atoms with Crippen molar-refractivity contribution in [3.05, 3.63) is 35.1 Å². The third-order valence-electron chi connectivity index (χ3n) is 10.9. The van der Waals surface area contributed by atoms with Gasteiger partial charge in [-0.2, -0.15) is 0 Å². The molecule has 0 saturated carbocycles. The van der Waals surface area contributed by atoms with Crippen LogP contribution in [0.15, 0.2) is 18.1 Å². The van der Waals surface area contributed by atoms with Gasteiger partial charge in [-0.1, -0.05) is 25.8 Å². The lowest BCUT2D eigenvalue weighted by Gasteiger charge is -2.55. The number of hydrogen-bond donors (Lipinski definition) is 1. The molecule has 44 heavy (non-hydrogen) atoms. The molecule has 1 spiro atoms. The van der Waals surface area contributed by atoms with Crippen molar-refractivity contribution in [3.8, 4) is 0 Å². The molecule has 2 amide bonds. The number of amides is 2. The molecule has 2 atom stereocenters. The van der Waals surface area contributed by atoms with Gasteiger partial charge in [-0.25, -0.2) is 14.8 Å². The molecule has 4 heterocycles. The predicted octanol–water partition coefficient (Wildman–Crippen LogP) is 5.41. The second kappa shape index (κ2) is 14.1. The molecule has 1 aliphatic carbocycles. The van der Waals surface area contributed by atoms with Crippen molar-refractivity contribution >= 4 is 12.0 Å². The number of hydrogen-bond acceptors (Lipinski definition) is 8. The Balaban J connectivity index is 1.17. The van der Waals surface area contributed by atoms with Crippen molar-refractivity contribution in [2.24, 2.45) is 11.8 Å². The smallest absolute Gasteiger partial charge is 0.410 e. The fraction of sp³-hybridized carbons (Fsp3) is 0.765. The number of unbranched alkanes of at least 4 members (excludes halogenated alkanes) is 1. The van der Waals surface area contributed by atoms with Crippen LogP contribution >= 0.6 is 0 Å². The summed E-state index contributed by atoms with van der Waals surface area (Å²) in [6, 6.07) is 0. The Hall–Kier alpha value is -2.72. The molecule has 3 aliphatic heterocycles. The average molecular weight is 611 g/mol. The van der Waals surface area contributed by atoms with E-state index in [9.17, 15) is 9.59 Å². The Kier molecular flexibility index (Phi) is 10.5. The Morgan fingerprint density at radius 1 is 1.09 bits per heavy atom. The minimum Gasteiger partial charge on any atom is -0.442 e. The highest BCUT2D eigenvalue weighted by molar-refractivity contribution is 5.96. The number of carbonyl (C=O) groups is 2. The van der Waals surface area contributed by atoms with Crippen molar-refractivity contribution in [1.29, 1.82) is 0 Å². The van der Waals surface area contributed by atoms with Gasteiger partial charge >= 0.3 is 6.09 Å². The number of nitrogens with zero attached hydrogens (tertiary/aromatic N) is 5. The lowest BCUT2D eigenvalue weighted by Crippen LogP contribution is -2.63. The number of likely N-dealkylation sites (tertiary alicyclic amines) is 2.